The summed E-state index contributed by atoms with van der Waals surface area (Å²) in [5, 5.41) is 3.68. The Labute approximate surface area is 123 Å². The lowest BCUT2D eigenvalue weighted by Gasteiger charge is -2.18. The van der Waals surface area contributed by atoms with Gasteiger partial charge in [-0.1, -0.05) is 11.6 Å². The fraction of sp³-hybridized carbons (Fsp3) is 0.462. The van der Waals surface area contributed by atoms with E-state index in [1.165, 1.54) is 7.11 Å². The normalized spacial score (nSPS) is 12.0. The number of nitrogens with two attached hydrogens (primary N) is 1. The summed E-state index contributed by atoms with van der Waals surface area (Å²) >= 11 is 7.94. The van der Waals surface area contributed by atoms with Gasteiger partial charge in [0.1, 0.15) is 0 Å². The molecule has 0 saturated carbocycles. The van der Waals surface area contributed by atoms with Crippen LogP contribution in [0.1, 0.15) is 23.7 Å². The highest BCUT2D eigenvalue weighted by molar-refractivity contribution is 7.98. The number of hydrogen-bond acceptors (Lipinski definition) is 5. The summed E-state index contributed by atoms with van der Waals surface area (Å²) in [6.07, 6.45) is 3.03. The van der Waals surface area contributed by atoms with Crippen molar-refractivity contribution in [3.05, 3.63) is 22.7 Å². The SMILES string of the molecule is COC(=O)c1cc(N)cc(Cl)c1NC(C)CCSC. The Balaban J connectivity index is 3.00. The number of nitrogens with one attached hydrogen (secondary N) is 1. The van der Waals surface area contributed by atoms with Gasteiger partial charge in [-0.3, -0.25) is 0 Å². The number of rotatable bonds is 6. The second kappa shape index (κ2) is 7.50. The molecule has 3 N–H and O–H groups in total. The van der Waals surface area contributed by atoms with Crippen LogP contribution >= 0.6 is 23.4 Å². The van der Waals surface area contributed by atoms with Gasteiger partial charge >= 0.3 is 5.97 Å². The summed E-state index contributed by atoms with van der Waals surface area (Å²) in [4.78, 5) is 11.8. The van der Waals surface area contributed by atoms with Crippen LogP contribution in [0.5, 0.6) is 0 Å². The molecule has 1 unspecified atom stereocenters. The van der Waals surface area contributed by atoms with E-state index in [0.717, 1.165) is 12.2 Å². The van der Waals surface area contributed by atoms with Crippen molar-refractivity contribution in [2.75, 3.05) is 30.2 Å². The number of nitrogen functional groups attached to an aromatic ring is 1. The molecule has 0 aliphatic carbocycles. The first-order chi connectivity index (χ1) is 8.99. The van der Waals surface area contributed by atoms with E-state index in [1.54, 1.807) is 23.9 Å². The van der Waals surface area contributed by atoms with E-state index in [-0.39, 0.29) is 6.04 Å². The third-order valence-electron chi connectivity index (χ3n) is 2.66. The van der Waals surface area contributed by atoms with Gasteiger partial charge in [0.15, 0.2) is 0 Å². The minimum atomic E-state index is -0.450. The molecule has 1 aromatic rings. The molecule has 4 nitrogen and oxygen atoms in total. The van der Waals surface area contributed by atoms with E-state index >= 15 is 0 Å². The zero-order valence-electron chi connectivity index (χ0n) is 11.3. The molecule has 1 rings (SSSR count). The third-order valence-corrected chi connectivity index (χ3v) is 3.61. The Morgan fingerprint density at radius 2 is 2.26 bits per heavy atom. The summed E-state index contributed by atoms with van der Waals surface area (Å²) in [7, 11) is 1.33. The molecular formula is C13H19ClN2O2S. The van der Waals surface area contributed by atoms with Crippen molar-refractivity contribution in [1.29, 1.82) is 0 Å². The number of esters is 1. The lowest BCUT2D eigenvalue weighted by atomic mass is 10.1. The quantitative estimate of drug-likeness (QED) is 0.624. The molecule has 6 heteroatoms. The maximum Gasteiger partial charge on any atom is 0.340 e. The van der Waals surface area contributed by atoms with Crippen molar-refractivity contribution in [2.45, 2.75) is 19.4 Å². The van der Waals surface area contributed by atoms with Gasteiger partial charge in [0.2, 0.25) is 0 Å². The van der Waals surface area contributed by atoms with Gasteiger partial charge in [0.25, 0.3) is 0 Å². The van der Waals surface area contributed by atoms with Crippen molar-refractivity contribution >= 4 is 40.7 Å². The minimum Gasteiger partial charge on any atom is -0.465 e. The summed E-state index contributed by atoms with van der Waals surface area (Å²) in [6.45, 7) is 2.05. The van der Waals surface area contributed by atoms with Crippen molar-refractivity contribution in [3.8, 4) is 0 Å². The van der Waals surface area contributed by atoms with Crippen LogP contribution in [0.15, 0.2) is 12.1 Å². The number of anilines is 2. The summed E-state index contributed by atoms with van der Waals surface area (Å²) in [5.41, 5.74) is 7.09. The molecule has 0 aliphatic rings. The zero-order chi connectivity index (χ0) is 14.4. The Morgan fingerprint density at radius 3 is 2.84 bits per heavy atom. The van der Waals surface area contributed by atoms with Crippen molar-refractivity contribution in [1.82, 2.24) is 0 Å². The molecule has 0 aromatic heterocycles. The van der Waals surface area contributed by atoms with E-state index < -0.39 is 5.97 Å². The number of hydrogen-bond donors (Lipinski definition) is 2. The molecule has 0 fully saturated rings. The average Bonchev–Trinajstić information content (AvgIpc) is 2.38. The molecule has 106 valence electrons. The predicted molar refractivity (Wildman–Crippen MR) is 83.3 cm³/mol. The highest BCUT2D eigenvalue weighted by Gasteiger charge is 2.17. The van der Waals surface area contributed by atoms with E-state index in [1.807, 2.05) is 6.92 Å². The molecule has 1 aromatic carbocycles. The predicted octanol–water partition coefficient (Wildman–Crippen LogP) is 3.26. The number of carbonyl (C=O) groups excluding carboxylic acids is 1. The first kappa shape index (κ1) is 16.0. The Kier molecular flexibility index (Phi) is 6.31. The average molecular weight is 303 g/mol. The third kappa shape index (κ3) is 4.51. The van der Waals surface area contributed by atoms with Gasteiger partial charge in [-0.2, -0.15) is 11.8 Å². The standard InChI is InChI=1S/C13H19ClN2O2S/c1-8(4-5-19-3)16-12-10(13(17)18-2)6-9(15)7-11(12)14/h6-8,16H,4-5,15H2,1-3H3. The van der Waals surface area contributed by atoms with E-state index in [2.05, 4.69) is 11.6 Å². The monoisotopic (exact) mass is 302 g/mol. The van der Waals surface area contributed by atoms with Gasteiger partial charge in [-0.15, -0.1) is 0 Å². The second-order valence-corrected chi connectivity index (χ2v) is 5.64. The lowest BCUT2D eigenvalue weighted by molar-refractivity contribution is 0.0602. The van der Waals surface area contributed by atoms with Gasteiger partial charge in [0, 0.05) is 11.7 Å². The Bertz CT molecular complexity index is 455. The lowest BCUT2D eigenvalue weighted by Crippen LogP contribution is -2.19. The Morgan fingerprint density at radius 1 is 1.58 bits per heavy atom. The minimum absolute atomic E-state index is 0.206. The molecule has 0 spiro atoms. The number of halogens is 1. The van der Waals surface area contributed by atoms with Crippen molar-refractivity contribution < 1.29 is 9.53 Å². The molecule has 0 amide bonds. The number of ether oxygens (including phenoxy) is 1. The highest BCUT2D eigenvalue weighted by atomic mass is 35.5. The first-order valence-electron chi connectivity index (χ1n) is 5.92. The molecular weight excluding hydrogens is 284 g/mol. The number of thioether (sulfide) groups is 1. The molecule has 0 saturated heterocycles. The van der Waals surface area contributed by atoms with Crippen molar-refractivity contribution in [2.24, 2.45) is 0 Å². The van der Waals surface area contributed by atoms with Crippen LogP contribution in [-0.4, -0.2) is 31.1 Å². The fourth-order valence-corrected chi connectivity index (χ4v) is 2.53. The van der Waals surface area contributed by atoms with Crippen LogP contribution in [0.25, 0.3) is 0 Å². The Hall–Kier alpha value is -1.07. The molecule has 0 radical (unpaired) electrons. The van der Waals surface area contributed by atoms with Crippen LogP contribution in [0.2, 0.25) is 5.02 Å². The molecule has 0 heterocycles. The largest absolute Gasteiger partial charge is 0.465 e. The number of benzene rings is 1. The number of methoxy groups -OCH3 is 1. The van der Waals surface area contributed by atoms with Crippen LogP contribution in [-0.2, 0) is 4.74 Å². The number of carbonyl (C=O) groups is 1. The molecule has 0 aliphatic heterocycles. The molecule has 19 heavy (non-hydrogen) atoms. The van der Waals surface area contributed by atoms with E-state index in [0.29, 0.717) is 22.0 Å². The van der Waals surface area contributed by atoms with Crippen molar-refractivity contribution in [3.63, 3.8) is 0 Å². The second-order valence-electron chi connectivity index (χ2n) is 4.24. The fourth-order valence-electron chi connectivity index (χ4n) is 1.66. The first-order valence-corrected chi connectivity index (χ1v) is 7.69. The van der Waals surface area contributed by atoms with Crippen LogP contribution in [0, 0.1) is 0 Å². The topological polar surface area (TPSA) is 64.3 Å². The van der Waals surface area contributed by atoms with Crippen LogP contribution < -0.4 is 11.1 Å². The van der Waals surface area contributed by atoms with Crippen LogP contribution in [0.4, 0.5) is 11.4 Å². The zero-order valence-corrected chi connectivity index (χ0v) is 12.9. The van der Waals surface area contributed by atoms with Gasteiger partial charge in [0.05, 0.1) is 23.4 Å². The smallest absolute Gasteiger partial charge is 0.340 e. The summed E-state index contributed by atoms with van der Waals surface area (Å²) in [5.74, 6) is 0.586. The summed E-state index contributed by atoms with van der Waals surface area (Å²) in [6, 6.07) is 3.40. The van der Waals surface area contributed by atoms with Gasteiger partial charge in [-0.25, -0.2) is 4.79 Å². The summed E-state index contributed by atoms with van der Waals surface area (Å²) < 4.78 is 4.75. The van der Waals surface area contributed by atoms with Gasteiger partial charge in [-0.05, 0) is 37.5 Å². The molecule has 0 bridgehead atoms. The maximum absolute atomic E-state index is 11.8. The maximum atomic E-state index is 11.8. The van der Waals surface area contributed by atoms with E-state index in [4.69, 9.17) is 22.1 Å². The van der Waals surface area contributed by atoms with Crippen LogP contribution in [0.3, 0.4) is 0 Å². The van der Waals surface area contributed by atoms with E-state index in [9.17, 15) is 4.79 Å². The molecule has 1 atom stereocenters. The van der Waals surface area contributed by atoms with Gasteiger partial charge < -0.3 is 15.8 Å². The highest BCUT2D eigenvalue weighted by Crippen LogP contribution is 2.30.